The largest absolute Gasteiger partial charge is 0.497 e. The molecule has 0 aliphatic heterocycles. The van der Waals surface area contributed by atoms with Crippen LogP contribution in [0.4, 0.5) is 20.2 Å². The van der Waals surface area contributed by atoms with Crippen LogP contribution in [0.15, 0.2) is 42.6 Å². The number of aromatic nitrogens is 1. The van der Waals surface area contributed by atoms with Crippen LogP contribution < -0.4 is 15.0 Å². The van der Waals surface area contributed by atoms with Gasteiger partial charge in [-0.2, -0.15) is 0 Å². The summed E-state index contributed by atoms with van der Waals surface area (Å²) >= 11 is 0. The first-order valence-corrected chi connectivity index (χ1v) is 7.98. The molecule has 5 nitrogen and oxygen atoms in total. The Morgan fingerprint density at radius 2 is 1.85 bits per heavy atom. The van der Waals surface area contributed by atoms with E-state index in [9.17, 15) is 13.6 Å². The Bertz CT molecular complexity index is 944. The molecule has 0 radical (unpaired) electrons. The minimum absolute atomic E-state index is 0.0223. The number of nitrogens with zero attached hydrogens (tertiary/aromatic N) is 2. The third kappa shape index (κ3) is 3.46. The van der Waals surface area contributed by atoms with Crippen LogP contribution in [0, 0.1) is 11.6 Å². The number of halogens is 2. The Kier molecular flexibility index (Phi) is 4.79. The van der Waals surface area contributed by atoms with Crippen LogP contribution in [-0.2, 0) is 11.3 Å². The molecule has 1 aromatic heterocycles. The van der Waals surface area contributed by atoms with Gasteiger partial charge in [0.25, 0.3) is 0 Å². The Hall–Kier alpha value is -3.09. The number of ether oxygens (including phenoxy) is 1. The van der Waals surface area contributed by atoms with Gasteiger partial charge in [0.15, 0.2) is 11.6 Å². The summed E-state index contributed by atoms with van der Waals surface area (Å²) in [7, 11) is 4.68. The van der Waals surface area contributed by atoms with Gasteiger partial charge < -0.3 is 19.5 Å². The van der Waals surface area contributed by atoms with E-state index in [-0.39, 0.29) is 23.8 Å². The average molecular weight is 359 g/mol. The molecule has 1 heterocycles. The van der Waals surface area contributed by atoms with Gasteiger partial charge in [0, 0.05) is 36.9 Å². The number of hydrogen-bond acceptors (Lipinski definition) is 3. The smallest absolute Gasteiger partial charge is 0.244 e. The molecule has 7 heteroatoms. The zero-order valence-electron chi connectivity index (χ0n) is 14.7. The monoisotopic (exact) mass is 359 g/mol. The third-order valence-electron chi connectivity index (χ3n) is 4.04. The maximum absolute atomic E-state index is 14.0. The summed E-state index contributed by atoms with van der Waals surface area (Å²) in [4.78, 5) is 13.6. The molecule has 0 bridgehead atoms. The lowest BCUT2D eigenvalue weighted by Crippen LogP contribution is -2.19. The van der Waals surface area contributed by atoms with Crippen LogP contribution in [0.3, 0.4) is 0 Å². The minimum atomic E-state index is -0.733. The van der Waals surface area contributed by atoms with Crippen LogP contribution in [0.2, 0.25) is 0 Å². The van der Waals surface area contributed by atoms with Crippen molar-refractivity contribution in [2.45, 2.75) is 6.54 Å². The first-order chi connectivity index (χ1) is 12.4. The van der Waals surface area contributed by atoms with E-state index in [4.69, 9.17) is 4.74 Å². The number of benzene rings is 2. The van der Waals surface area contributed by atoms with E-state index in [1.165, 1.54) is 4.90 Å². The summed E-state index contributed by atoms with van der Waals surface area (Å²) in [6, 6.07) is 9.61. The first-order valence-electron chi connectivity index (χ1n) is 7.98. The van der Waals surface area contributed by atoms with E-state index in [0.717, 1.165) is 28.8 Å². The van der Waals surface area contributed by atoms with Gasteiger partial charge in [-0.15, -0.1) is 0 Å². The van der Waals surface area contributed by atoms with E-state index in [1.807, 2.05) is 24.3 Å². The second kappa shape index (κ2) is 7.03. The van der Waals surface area contributed by atoms with Crippen molar-refractivity contribution in [2.75, 3.05) is 31.4 Å². The zero-order chi connectivity index (χ0) is 18.8. The van der Waals surface area contributed by atoms with Crippen LogP contribution in [0.25, 0.3) is 10.9 Å². The highest BCUT2D eigenvalue weighted by Gasteiger charge is 2.15. The lowest BCUT2D eigenvalue weighted by Gasteiger charge is -2.16. The van der Waals surface area contributed by atoms with Crippen molar-refractivity contribution >= 4 is 28.2 Å². The molecule has 0 aliphatic carbocycles. The standard InChI is InChI=1S/C19H19F2N3O2/c1-23(2)19-15(20)9-13(10-16(19)21)22-18(25)11-24-7-6-12-8-14(26-3)4-5-17(12)24/h4-10H,11H2,1-3H3,(H,22,25). The Labute approximate surface area is 149 Å². The van der Waals surface area contributed by atoms with Gasteiger partial charge in [-0.25, -0.2) is 8.78 Å². The van der Waals surface area contributed by atoms with Gasteiger partial charge in [0.2, 0.25) is 5.91 Å². The highest BCUT2D eigenvalue weighted by atomic mass is 19.1. The van der Waals surface area contributed by atoms with Crippen LogP contribution in [0.1, 0.15) is 0 Å². The van der Waals surface area contributed by atoms with Gasteiger partial charge in [-0.05, 0) is 36.4 Å². The van der Waals surface area contributed by atoms with Crippen molar-refractivity contribution in [3.8, 4) is 5.75 Å². The average Bonchev–Trinajstić information content (AvgIpc) is 2.95. The molecule has 0 fully saturated rings. The van der Waals surface area contributed by atoms with E-state index >= 15 is 0 Å². The van der Waals surface area contributed by atoms with Crippen molar-refractivity contribution in [2.24, 2.45) is 0 Å². The molecular formula is C19H19F2N3O2. The van der Waals surface area contributed by atoms with Crippen molar-refractivity contribution in [1.82, 2.24) is 4.57 Å². The third-order valence-corrected chi connectivity index (χ3v) is 4.04. The predicted molar refractivity (Wildman–Crippen MR) is 97.8 cm³/mol. The quantitative estimate of drug-likeness (QED) is 0.757. The number of anilines is 2. The highest BCUT2D eigenvalue weighted by Crippen LogP contribution is 2.26. The molecule has 2 aromatic carbocycles. The zero-order valence-corrected chi connectivity index (χ0v) is 14.7. The lowest BCUT2D eigenvalue weighted by atomic mass is 10.2. The number of rotatable bonds is 5. The van der Waals surface area contributed by atoms with Crippen molar-refractivity contribution < 1.29 is 18.3 Å². The summed E-state index contributed by atoms with van der Waals surface area (Å²) in [5.74, 6) is -1.12. The van der Waals surface area contributed by atoms with Gasteiger partial charge >= 0.3 is 0 Å². The second-order valence-corrected chi connectivity index (χ2v) is 6.10. The van der Waals surface area contributed by atoms with E-state index < -0.39 is 11.6 Å². The predicted octanol–water partition coefficient (Wildman–Crippen LogP) is 3.63. The molecule has 0 unspecified atom stereocenters. The maximum Gasteiger partial charge on any atom is 0.244 e. The topological polar surface area (TPSA) is 46.5 Å². The molecule has 0 aliphatic rings. The molecule has 1 N–H and O–H groups in total. The fraction of sp³-hybridized carbons (Fsp3) is 0.211. The molecule has 0 saturated heterocycles. The number of fused-ring (bicyclic) bond motifs is 1. The molecule has 0 atom stereocenters. The molecular weight excluding hydrogens is 340 g/mol. The fourth-order valence-electron chi connectivity index (χ4n) is 2.86. The van der Waals surface area contributed by atoms with Crippen LogP contribution >= 0.6 is 0 Å². The molecule has 0 spiro atoms. The maximum atomic E-state index is 14.0. The van der Waals surface area contributed by atoms with Crippen LogP contribution in [0.5, 0.6) is 5.75 Å². The lowest BCUT2D eigenvalue weighted by molar-refractivity contribution is -0.116. The van der Waals surface area contributed by atoms with Gasteiger partial charge in [0.05, 0.1) is 7.11 Å². The Morgan fingerprint density at radius 1 is 1.15 bits per heavy atom. The van der Waals surface area contributed by atoms with Gasteiger partial charge in [-0.3, -0.25) is 4.79 Å². The van der Waals surface area contributed by atoms with E-state index in [0.29, 0.717) is 0 Å². The molecule has 136 valence electrons. The molecule has 26 heavy (non-hydrogen) atoms. The molecule has 1 amide bonds. The molecule has 3 aromatic rings. The van der Waals surface area contributed by atoms with E-state index in [1.54, 1.807) is 32.0 Å². The molecule has 3 rings (SSSR count). The second-order valence-electron chi connectivity index (χ2n) is 6.10. The number of carbonyl (C=O) groups excluding carboxylic acids is 1. The number of amides is 1. The van der Waals surface area contributed by atoms with Gasteiger partial charge in [-0.1, -0.05) is 0 Å². The summed E-state index contributed by atoms with van der Waals surface area (Å²) < 4.78 is 35.0. The van der Waals surface area contributed by atoms with E-state index in [2.05, 4.69) is 5.32 Å². The Morgan fingerprint density at radius 3 is 2.46 bits per heavy atom. The highest BCUT2D eigenvalue weighted by molar-refractivity contribution is 5.92. The van der Waals surface area contributed by atoms with Crippen LogP contribution in [-0.4, -0.2) is 31.7 Å². The number of carbonyl (C=O) groups is 1. The van der Waals surface area contributed by atoms with Crippen molar-refractivity contribution in [1.29, 1.82) is 0 Å². The number of hydrogen-bond donors (Lipinski definition) is 1. The molecule has 0 saturated carbocycles. The first kappa shape index (κ1) is 17.7. The van der Waals surface area contributed by atoms with Crippen molar-refractivity contribution in [3.05, 3.63) is 54.2 Å². The summed E-state index contributed by atoms with van der Waals surface area (Å²) in [6.07, 6.45) is 1.78. The number of methoxy groups -OCH3 is 1. The van der Waals surface area contributed by atoms with Crippen molar-refractivity contribution in [3.63, 3.8) is 0 Å². The minimum Gasteiger partial charge on any atom is -0.497 e. The number of nitrogens with one attached hydrogen (secondary N) is 1. The van der Waals surface area contributed by atoms with Gasteiger partial charge in [0.1, 0.15) is 18.0 Å². The SMILES string of the molecule is COc1ccc2c(ccn2CC(=O)Nc2cc(F)c(N(C)C)c(F)c2)c1. The summed E-state index contributed by atoms with van der Waals surface area (Å²) in [5.41, 5.74) is 0.795. The normalized spacial score (nSPS) is 10.8. The Balaban J connectivity index is 1.77. The summed E-state index contributed by atoms with van der Waals surface area (Å²) in [6.45, 7) is 0.0223. The summed E-state index contributed by atoms with van der Waals surface area (Å²) in [5, 5.41) is 3.47. The fourth-order valence-corrected chi connectivity index (χ4v) is 2.86.